The van der Waals surface area contributed by atoms with E-state index in [4.69, 9.17) is 4.74 Å². The molecule has 0 unspecified atom stereocenters. The molecule has 8 heteroatoms. The van der Waals surface area contributed by atoms with Crippen molar-refractivity contribution in [3.63, 3.8) is 0 Å². The molecule has 1 heterocycles. The topological polar surface area (TPSA) is 94.8 Å². The van der Waals surface area contributed by atoms with E-state index in [-0.39, 0.29) is 33.3 Å². The molecule has 0 radical (unpaired) electrons. The van der Waals surface area contributed by atoms with Gasteiger partial charge >= 0.3 is 5.97 Å². The second-order valence-electron chi connectivity index (χ2n) is 5.95. The summed E-state index contributed by atoms with van der Waals surface area (Å²) in [7, 11) is 2.54. The van der Waals surface area contributed by atoms with Crippen LogP contribution >= 0.6 is 0 Å². The van der Waals surface area contributed by atoms with Crippen LogP contribution in [0.2, 0.25) is 0 Å². The summed E-state index contributed by atoms with van der Waals surface area (Å²) in [6.07, 6.45) is 0. The molecule has 2 aromatic carbocycles. The number of ketones is 1. The third-order valence-electron chi connectivity index (χ3n) is 4.31. The lowest BCUT2D eigenvalue weighted by atomic mass is 10.00. The Kier molecular flexibility index (Phi) is 4.87. The Balaban J connectivity index is 2.24. The van der Waals surface area contributed by atoms with Crippen molar-refractivity contribution in [1.82, 2.24) is 4.57 Å². The zero-order valence-electron chi connectivity index (χ0n) is 15.3. The van der Waals surface area contributed by atoms with Crippen LogP contribution in [0.4, 0.5) is 4.39 Å². The molecule has 0 amide bonds. The molecule has 144 valence electrons. The SMILES string of the molecule is COC(=O)c1ccc(C(=O)c2c(O)n(C(C)=O)c3cc(F)ccc23)c(OC)c1. The van der Waals surface area contributed by atoms with Crippen molar-refractivity contribution in [2.75, 3.05) is 14.2 Å². The van der Waals surface area contributed by atoms with E-state index in [9.17, 15) is 23.9 Å². The maximum atomic E-state index is 13.7. The fourth-order valence-corrected chi connectivity index (χ4v) is 3.05. The number of aromatic hydroxyl groups is 1. The summed E-state index contributed by atoms with van der Waals surface area (Å²) in [4.78, 5) is 36.8. The number of hydrogen-bond donors (Lipinski definition) is 1. The Bertz CT molecular complexity index is 1130. The molecule has 0 bridgehead atoms. The molecule has 0 saturated heterocycles. The molecular weight excluding hydrogens is 369 g/mol. The standard InChI is InChI=1S/C20H16FNO6/c1-10(23)22-15-9-12(21)5-7-13(15)17(19(22)25)18(24)14-6-4-11(20(26)28-3)8-16(14)27-2/h4-9,25H,1-3H3. The van der Waals surface area contributed by atoms with E-state index < -0.39 is 29.4 Å². The summed E-state index contributed by atoms with van der Waals surface area (Å²) in [5.41, 5.74) is 0.124. The van der Waals surface area contributed by atoms with Gasteiger partial charge in [-0.25, -0.2) is 13.8 Å². The van der Waals surface area contributed by atoms with E-state index >= 15 is 0 Å². The van der Waals surface area contributed by atoms with Crippen LogP contribution in [0.3, 0.4) is 0 Å². The highest BCUT2D eigenvalue weighted by Crippen LogP contribution is 2.35. The van der Waals surface area contributed by atoms with Crippen molar-refractivity contribution in [2.24, 2.45) is 0 Å². The first-order chi connectivity index (χ1) is 13.3. The maximum Gasteiger partial charge on any atom is 0.337 e. The number of carbonyl (C=O) groups excluding carboxylic acids is 3. The van der Waals surface area contributed by atoms with Crippen molar-refractivity contribution in [1.29, 1.82) is 0 Å². The predicted octanol–water partition coefficient (Wildman–Crippen LogP) is 3.17. The maximum absolute atomic E-state index is 13.7. The first-order valence-corrected chi connectivity index (χ1v) is 8.15. The fourth-order valence-electron chi connectivity index (χ4n) is 3.05. The van der Waals surface area contributed by atoms with Gasteiger partial charge in [0.1, 0.15) is 11.6 Å². The van der Waals surface area contributed by atoms with Crippen molar-refractivity contribution in [3.8, 4) is 11.6 Å². The largest absolute Gasteiger partial charge is 0.496 e. The van der Waals surface area contributed by atoms with Crippen LogP contribution in [0.1, 0.15) is 38.0 Å². The summed E-state index contributed by atoms with van der Waals surface area (Å²) in [5.74, 6) is -2.98. The minimum absolute atomic E-state index is 0.0531. The Morgan fingerprint density at radius 2 is 1.79 bits per heavy atom. The highest BCUT2D eigenvalue weighted by atomic mass is 19.1. The van der Waals surface area contributed by atoms with Crippen LogP contribution in [0.25, 0.3) is 10.9 Å². The summed E-state index contributed by atoms with van der Waals surface area (Å²) < 4.78 is 24.4. The van der Waals surface area contributed by atoms with E-state index in [1.807, 2.05) is 0 Å². The summed E-state index contributed by atoms with van der Waals surface area (Å²) in [5, 5.41) is 10.7. The number of methoxy groups -OCH3 is 2. The lowest BCUT2D eigenvalue weighted by Crippen LogP contribution is -2.08. The molecule has 0 fully saturated rings. The molecule has 0 spiro atoms. The number of rotatable bonds is 4. The average molecular weight is 385 g/mol. The average Bonchev–Trinajstić information content (AvgIpc) is 2.97. The van der Waals surface area contributed by atoms with Crippen molar-refractivity contribution >= 4 is 28.6 Å². The number of fused-ring (bicyclic) bond motifs is 1. The smallest absolute Gasteiger partial charge is 0.337 e. The lowest BCUT2D eigenvalue weighted by Gasteiger charge is -2.09. The van der Waals surface area contributed by atoms with E-state index in [2.05, 4.69) is 4.74 Å². The molecule has 3 aromatic rings. The Hall–Kier alpha value is -3.68. The van der Waals surface area contributed by atoms with Crippen LogP contribution < -0.4 is 4.74 Å². The van der Waals surface area contributed by atoms with Gasteiger partial charge < -0.3 is 14.6 Å². The predicted molar refractivity (Wildman–Crippen MR) is 97.6 cm³/mol. The molecule has 28 heavy (non-hydrogen) atoms. The lowest BCUT2D eigenvalue weighted by molar-refractivity contribution is 0.0599. The summed E-state index contributed by atoms with van der Waals surface area (Å²) in [6, 6.07) is 7.56. The Morgan fingerprint density at radius 1 is 1.07 bits per heavy atom. The molecule has 0 aliphatic rings. The molecule has 0 aliphatic carbocycles. The molecule has 0 aliphatic heterocycles. The van der Waals surface area contributed by atoms with Gasteiger partial charge in [-0.15, -0.1) is 0 Å². The Labute approximate surface area is 158 Å². The van der Waals surface area contributed by atoms with E-state index in [0.29, 0.717) is 0 Å². The van der Waals surface area contributed by atoms with Gasteiger partial charge in [0.15, 0.2) is 0 Å². The first-order valence-electron chi connectivity index (χ1n) is 8.15. The third kappa shape index (κ3) is 2.98. The number of esters is 1. The Morgan fingerprint density at radius 3 is 2.39 bits per heavy atom. The van der Waals surface area contributed by atoms with E-state index in [1.165, 1.54) is 45.4 Å². The van der Waals surface area contributed by atoms with Gasteiger partial charge in [-0.1, -0.05) is 0 Å². The minimum atomic E-state index is -0.651. The molecule has 3 rings (SSSR count). The van der Waals surface area contributed by atoms with Gasteiger partial charge in [-0.05, 0) is 36.4 Å². The third-order valence-corrected chi connectivity index (χ3v) is 4.31. The normalized spacial score (nSPS) is 10.7. The molecule has 0 atom stereocenters. The number of aromatic nitrogens is 1. The highest BCUT2D eigenvalue weighted by Gasteiger charge is 2.27. The first kappa shape index (κ1) is 19.1. The zero-order chi connectivity index (χ0) is 20.6. The van der Waals surface area contributed by atoms with Crippen molar-refractivity contribution < 1.29 is 33.4 Å². The van der Waals surface area contributed by atoms with Crippen LogP contribution in [-0.2, 0) is 4.74 Å². The van der Waals surface area contributed by atoms with Crippen LogP contribution in [0.15, 0.2) is 36.4 Å². The van der Waals surface area contributed by atoms with Crippen LogP contribution in [-0.4, -0.2) is 41.6 Å². The molecule has 0 saturated carbocycles. The number of carbonyl (C=O) groups is 3. The number of ether oxygens (including phenoxy) is 2. The molecular formula is C20H16FNO6. The van der Waals surface area contributed by atoms with Gasteiger partial charge in [0.25, 0.3) is 0 Å². The quantitative estimate of drug-likeness (QED) is 0.548. The molecule has 7 nitrogen and oxygen atoms in total. The second kappa shape index (κ2) is 7.15. The van der Waals surface area contributed by atoms with E-state index in [0.717, 1.165) is 16.7 Å². The number of hydrogen-bond acceptors (Lipinski definition) is 6. The second-order valence-corrected chi connectivity index (χ2v) is 5.95. The summed E-state index contributed by atoms with van der Waals surface area (Å²) >= 11 is 0. The van der Waals surface area contributed by atoms with Crippen molar-refractivity contribution in [2.45, 2.75) is 6.92 Å². The molecule has 1 aromatic heterocycles. The summed E-state index contributed by atoms with van der Waals surface area (Å²) in [6.45, 7) is 1.18. The van der Waals surface area contributed by atoms with Gasteiger partial charge in [0, 0.05) is 12.3 Å². The molecule has 1 N–H and O–H groups in total. The van der Waals surface area contributed by atoms with Crippen LogP contribution in [0, 0.1) is 5.82 Å². The number of halogens is 1. The highest BCUT2D eigenvalue weighted by molar-refractivity contribution is 6.21. The van der Waals surface area contributed by atoms with Gasteiger partial charge in [0.2, 0.25) is 17.6 Å². The van der Waals surface area contributed by atoms with E-state index in [1.54, 1.807) is 0 Å². The monoisotopic (exact) mass is 385 g/mol. The van der Waals surface area contributed by atoms with Gasteiger partial charge in [-0.3, -0.25) is 9.59 Å². The van der Waals surface area contributed by atoms with Gasteiger partial charge in [0.05, 0.1) is 36.4 Å². The van der Waals surface area contributed by atoms with Crippen LogP contribution in [0.5, 0.6) is 11.6 Å². The number of nitrogens with zero attached hydrogens (tertiary/aromatic N) is 1. The minimum Gasteiger partial charge on any atom is -0.496 e. The number of benzene rings is 2. The zero-order valence-corrected chi connectivity index (χ0v) is 15.3. The van der Waals surface area contributed by atoms with Crippen molar-refractivity contribution in [3.05, 3.63) is 58.9 Å². The van der Waals surface area contributed by atoms with Gasteiger partial charge in [-0.2, -0.15) is 0 Å². The fraction of sp³-hybridized carbons (Fsp3) is 0.150.